The Labute approximate surface area is 595 Å². The van der Waals surface area contributed by atoms with Crippen molar-refractivity contribution in [2.75, 3.05) is 51.6 Å². The van der Waals surface area contributed by atoms with E-state index in [2.05, 4.69) is 66.4 Å². The highest BCUT2D eigenvalue weighted by molar-refractivity contribution is 7.80. The van der Waals surface area contributed by atoms with E-state index in [-0.39, 0.29) is 138 Å². The average Bonchev–Trinajstić information content (AvgIpc) is 1.67. The number of nitrogens with one attached hydrogen (secondary N) is 6. The predicted molar refractivity (Wildman–Crippen MR) is 384 cm³/mol. The summed E-state index contributed by atoms with van der Waals surface area (Å²) in [6, 6.07) is 8.65. The van der Waals surface area contributed by atoms with Gasteiger partial charge in [0.1, 0.15) is 42.3 Å². The van der Waals surface area contributed by atoms with Crippen molar-refractivity contribution in [2.24, 2.45) is 72.7 Å². The number of carbonyl (C=O) groups excluding carboxylic acids is 10. The second-order valence-electron chi connectivity index (χ2n) is 26.0. The van der Waals surface area contributed by atoms with Gasteiger partial charge in [-0.1, -0.05) is 107 Å². The average molecular weight is 1430 g/mol. The molecule has 0 aromatic heterocycles. The quantitative estimate of drug-likeness (QED) is 0.0138. The van der Waals surface area contributed by atoms with Gasteiger partial charge in [-0.25, -0.2) is 4.79 Å². The number of aliphatic hydroxyl groups excluding tert-OH is 1. The van der Waals surface area contributed by atoms with Crippen molar-refractivity contribution in [3.05, 3.63) is 71.8 Å². The first-order valence-electron chi connectivity index (χ1n) is 34.5. The molecule has 3 heterocycles. The third-order valence-electron chi connectivity index (χ3n) is 17.2. The minimum absolute atomic E-state index is 0.000892. The third kappa shape index (κ3) is 29.9. The molecule has 3 fully saturated rings. The van der Waals surface area contributed by atoms with E-state index < -0.39 is 126 Å². The molecule has 560 valence electrons. The molecule has 33 nitrogen and oxygen atoms in total. The lowest BCUT2D eigenvalue weighted by atomic mass is 10.00. The maximum Gasteiger partial charge on any atom is 0.326 e. The van der Waals surface area contributed by atoms with E-state index in [4.69, 9.17) is 45.9 Å². The molecule has 11 atom stereocenters. The number of likely N-dealkylation sites (tertiary alicyclic amines) is 3. The van der Waals surface area contributed by atoms with E-state index >= 15 is 0 Å². The number of β-amino-alcohol motifs (C(OH)–C–C–N with tert-alkyl or cyclic N) is 1. The highest BCUT2D eigenvalue weighted by Crippen LogP contribution is 2.28. The summed E-state index contributed by atoms with van der Waals surface area (Å²) in [5.41, 5.74) is 45.7. The highest BCUT2D eigenvalue weighted by Gasteiger charge is 2.46. The molecule has 34 heteroatoms. The minimum Gasteiger partial charge on any atom is -0.480 e. The Bertz CT molecular complexity index is 3140. The summed E-state index contributed by atoms with van der Waals surface area (Å²) in [6.07, 6.45) is 6.92. The molecule has 0 aliphatic carbocycles. The SMILES string of the molecule is CC(C)C[C@H](NC(=O)[C@@H](Cc1ccccc1)NC(=O)C(N)CS)C(=O)N[C@@H](CCCN=C(N)N)C(=O)O.CCCCCC[C@@H]1CC(=O)N(C(=O)[C@H](Cc2ccccc2)NC(=O)CNC(=O)[C@@H]2C[C@H](O)CN2C(=O)[C@@H]2CCCN2C(=O)[C@H](CCCN=C(N)N)NC(=O)[C@H](N)CCCN=C(N)N)C1. The van der Waals surface area contributed by atoms with Crippen molar-refractivity contribution in [3.63, 3.8) is 0 Å². The van der Waals surface area contributed by atoms with Gasteiger partial charge in [0.15, 0.2) is 17.9 Å². The van der Waals surface area contributed by atoms with Crippen LogP contribution in [0, 0.1) is 11.8 Å². The number of amides is 10. The van der Waals surface area contributed by atoms with Gasteiger partial charge in [-0.15, -0.1) is 0 Å². The number of aliphatic hydroxyl groups is 1. The van der Waals surface area contributed by atoms with E-state index in [1.54, 1.807) is 12.1 Å². The first-order valence-corrected chi connectivity index (χ1v) is 35.2. The number of aliphatic imine (C=N–C) groups is 3. The smallest absolute Gasteiger partial charge is 0.326 e. The molecule has 1 unspecified atom stereocenters. The second-order valence-corrected chi connectivity index (χ2v) is 26.4. The number of unbranched alkanes of at least 4 members (excludes halogenated alkanes) is 3. The van der Waals surface area contributed by atoms with Crippen LogP contribution in [0.1, 0.15) is 135 Å². The molecule has 24 N–H and O–H groups in total. The predicted octanol–water partition coefficient (Wildman–Crippen LogP) is -2.83. The number of nitrogens with two attached hydrogens (primary N) is 8. The fourth-order valence-electron chi connectivity index (χ4n) is 11.9. The molecule has 3 saturated heterocycles. The number of aliphatic carboxylic acids is 1. The molecule has 3 aliphatic rings. The lowest BCUT2D eigenvalue weighted by Gasteiger charge is -2.33. The Hall–Kier alpha value is -9.15. The van der Waals surface area contributed by atoms with Crippen molar-refractivity contribution >= 4 is 95.5 Å². The molecule has 5 rings (SSSR count). The van der Waals surface area contributed by atoms with Crippen molar-refractivity contribution < 1.29 is 63.0 Å². The van der Waals surface area contributed by atoms with Crippen LogP contribution in [0.5, 0.6) is 0 Å². The molecule has 2 aromatic carbocycles. The van der Waals surface area contributed by atoms with Crippen molar-refractivity contribution in [2.45, 2.75) is 197 Å². The first-order chi connectivity index (χ1) is 48.0. The number of carboxylic acid groups (broad SMARTS) is 1. The number of carboxylic acids is 1. The number of nitrogens with zero attached hydrogens (tertiary/aromatic N) is 6. The van der Waals surface area contributed by atoms with Crippen LogP contribution in [-0.2, 0) is 65.6 Å². The van der Waals surface area contributed by atoms with Crippen LogP contribution in [0.15, 0.2) is 75.6 Å². The molecule has 10 amide bonds. The van der Waals surface area contributed by atoms with Gasteiger partial charge < -0.3 is 97.8 Å². The highest BCUT2D eigenvalue weighted by atomic mass is 32.1. The van der Waals surface area contributed by atoms with Gasteiger partial charge in [0.05, 0.1) is 24.7 Å². The molecule has 101 heavy (non-hydrogen) atoms. The first kappa shape index (κ1) is 84.3. The van der Waals surface area contributed by atoms with E-state index in [0.29, 0.717) is 25.7 Å². The summed E-state index contributed by atoms with van der Waals surface area (Å²) >= 11 is 4.03. The molecule has 0 bridgehead atoms. The maximum atomic E-state index is 14.2. The number of imide groups is 1. The van der Waals surface area contributed by atoms with Gasteiger partial charge in [0.25, 0.3) is 5.91 Å². The van der Waals surface area contributed by atoms with Gasteiger partial charge in [-0.2, -0.15) is 12.6 Å². The Balaban J connectivity index is 0.000000497. The second kappa shape index (κ2) is 44.2. The summed E-state index contributed by atoms with van der Waals surface area (Å²) in [5.74, 6) is -7.08. The molecule has 0 radical (unpaired) electrons. The number of hydrogen-bond donors (Lipinski definition) is 17. The molecule has 3 aliphatic heterocycles. The summed E-state index contributed by atoms with van der Waals surface area (Å²) < 4.78 is 0. The summed E-state index contributed by atoms with van der Waals surface area (Å²) in [4.78, 5) is 161. The molecular weight excluding hydrogens is 1320 g/mol. The Morgan fingerprint density at radius 2 is 1.13 bits per heavy atom. The molecule has 0 saturated carbocycles. The van der Waals surface area contributed by atoms with Crippen LogP contribution in [0.4, 0.5) is 0 Å². The summed E-state index contributed by atoms with van der Waals surface area (Å²) in [6.45, 7) is 6.25. The zero-order chi connectivity index (χ0) is 74.7. The summed E-state index contributed by atoms with van der Waals surface area (Å²) in [5, 5.41) is 36.1. The van der Waals surface area contributed by atoms with Crippen LogP contribution >= 0.6 is 12.6 Å². The number of rotatable bonds is 40. The minimum atomic E-state index is -1.22. The van der Waals surface area contributed by atoms with Crippen LogP contribution in [0.2, 0.25) is 0 Å². The van der Waals surface area contributed by atoms with Gasteiger partial charge in [0.2, 0.25) is 53.2 Å². The van der Waals surface area contributed by atoms with Gasteiger partial charge in [-0.05, 0) is 87.2 Å². The fourth-order valence-corrected chi connectivity index (χ4v) is 12.1. The largest absolute Gasteiger partial charge is 0.480 e. The van der Waals surface area contributed by atoms with E-state index in [9.17, 15) is 63.0 Å². The zero-order valence-electron chi connectivity index (χ0n) is 58.2. The number of hydrogen-bond acceptors (Lipinski definition) is 18. The Kier molecular flexibility index (Phi) is 36.9. The van der Waals surface area contributed by atoms with E-state index in [1.807, 2.05) is 62.4 Å². The van der Waals surface area contributed by atoms with Gasteiger partial charge in [-0.3, -0.25) is 67.8 Å². The Morgan fingerprint density at radius 3 is 1.68 bits per heavy atom. The van der Waals surface area contributed by atoms with Crippen LogP contribution in [-0.4, -0.2) is 220 Å². The molecular formula is C67H108N20O13S. The fraction of sp³-hybridized carbons (Fsp3) is 0.612. The lowest BCUT2D eigenvalue weighted by Crippen LogP contribution is -2.58. The van der Waals surface area contributed by atoms with Crippen molar-refractivity contribution in [1.82, 2.24) is 46.6 Å². The Morgan fingerprint density at radius 1 is 0.604 bits per heavy atom. The zero-order valence-corrected chi connectivity index (χ0v) is 59.1. The van der Waals surface area contributed by atoms with E-state index in [0.717, 1.165) is 43.2 Å². The van der Waals surface area contributed by atoms with Crippen LogP contribution in [0.25, 0.3) is 0 Å². The number of carbonyl (C=O) groups is 11. The maximum absolute atomic E-state index is 14.2. The van der Waals surface area contributed by atoms with Crippen LogP contribution < -0.4 is 77.8 Å². The normalized spacial score (nSPS) is 18.4. The topological polar surface area (TPSA) is 555 Å². The van der Waals surface area contributed by atoms with E-state index in [1.165, 1.54) is 14.7 Å². The number of thiol groups is 1. The van der Waals surface area contributed by atoms with Crippen LogP contribution in [0.3, 0.4) is 0 Å². The standard InChI is InChI=1S/C43H69N13O8.C24H39N7O5S/c1-2-3-4-6-14-28-22-36(59)56(25-28)40(63)32(21-27-12-7-5-8-13-27)52-35(58)24-51-38(61)34-23-29(57)26-55(34)41(64)33-17-11-20-54(33)39(62)31(16-10-19-50-43(47)48)53-37(60)30(44)15-9-18-49-42(45)46;1-14(2)11-18(21(33)29-17(23(35)36)9-6-10-28-24(26)27)31-22(34)19(30-20(32)16(25)13-37)12-15-7-4-3-5-8-15/h5,7-8,12-13,28-34,57H,2-4,6,9-11,14-26,44H2,1H3,(H,51,61)(H,52,58)(H,53,60)(H4,45,46,49)(H4,47,48,50);3-5,7-8,14,16-19,37H,6,9-13,25H2,1-2H3,(H,29,33)(H,30,32)(H,31,34)(H,35,36)(H4,26,27,28)/t28-,29+,30-,31+,32+,33+,34+;16?,17-,18-,19+/m10/s1. The summed E-state index contributed by atoms with van der Waals surface area (Å²) in [7, 11) is 0. The monoisotopic (exact) mass is 1430 g/mol. The van der Waals surface area contributed by atoms with Crippen molar-refractivity contribution in [3.8, 4) is 0 Å². The molecule has 2 aromatic rings. The van der Waals surface area contributed by atoms with Gasteiger partial charge >= 0.3 is 5.97 Å². The third-order valence-corrected chi connectivity index (χ3v) is 17.6. The lowest BCUT2D eigenvalue weighted by molar-refractivity contribution is -0.148. The number of guanidine groups is 3. The van der Waals surface area contributed by atoms with Crippen molar-refractivity contribution in [1.29, 1.82) is 0 Å². The van der Waals surface area contributed by atoms with Gasteiger partial charge in [0, 0.05) is 70.7 Å². The number of benzene rings is 2. The molecule has 0 spiro atoms.